The summed E-state index contributed by atoms with van der Waals surface area (Å²) >= 11 is 0. The number of anilines is 1. The van der Waals surface area contributed by atoms with Gasteiger partial charge in [0.2, 0.25) is 5.91 Å². The van der Waals surface area contributed by atoms with Gasteiger partial charge in [0, 0.05) is 11.6 Å². The number of para-hydroxylation sites is 1. The lowest BCUT2D eigenvalue weighted by molar-refractivity contribution is -0.118. The molecule has 0 aromatic heterocycles. The Morgan fingerprint density at radius 3 is 2.28 bits per heavy atom. The Bertz CT molecular complexity index is 754. The molecule has 2 atom stereocenters. The van der Waals surface area contributed by atoms with Crippen LogP contribution in [-0.2, 0) is 4.79 Å². The van der Waals surface area contributed by atoms with Crippen molar-refractivity contribution in [3.63, 3.8) is 0 Å². The summed E-state index contributed by atoms with van der Waals surface area (Å²) in [5.74, 6) is 0.397. The minimum absolute atomic E-state index is 0.0587. The molecule has 0 spiro atoms. The molecule has 1 aliphatic carbocycles. The molecule has 3 rings (SSSR count). The fraction of sp³-hybridized carbons (Fsp3) is 0.333. The number of carbonyl (C=O) groups excluding carboxylic acids is 2. The molecule has 1 fully saturated rings. The molecule has 0 radical (unpaired) electrons. The third kappa shape index (κ3) is 4.34. The van der Waals surface area contributed by atoms with Gasteiger partial charge >= 0.3 is 0 Å². The zero-order valence-electron chi connectivity index (χ0n) is 14.7. The second kappa shape index (κ2) is 7.62. The van der Waals surface area contributed by atoms with Crippen LogP contribution in [0.15, 0.2) is 54.6 Å². The molecular formula is C21H24N2O2. The Morgan fingerprint density at radius 1 is 1.00 bits per heavy atom. The lowest BCUT2D eigenvalue weighted by atomic mass is 10.0. The number of ketones is 1. The van der Waals surface area contributed by atoms with Crippen LogP contribution in [0.2, 0.25) is 0 Å². The van der Waals surface area contributed by atoms with Gasteiger partial charge in [0.1, 0.15) is 0 Å². The van der Waals surface area contributed by atoms with Crippen molar-refractivity contribution in [1.82, 2.24) is 5.32 Å². The van der Waals surface area contributed by atoms with Crippen molar-refractivity contribution in [1.29, 1.82) is 0 Å². The number of rotatable bonds is 7. The number of hydrogen-bond donors (Lipinski definition) is 2. The molecule has 2 aromatic rings. The minimum atomic E-state index is -0.356. The zero-order chi connectivity index (χ0) is 17.8. The molecule has 0 saturated heterocycles. The molecule has 0 aliphatic heterocycles. The van der Waals surface area contributed by atoms with E-state index in [1.54, 1.807) is 18.2 Å². The number of nitrogens with one attached hydrogen (secondary N) is 2. The van der Waals surface area contributed by atoms with Gasteiger partial charge in [0.25, 0.3) is 0 Å². The fourth-order valence-electron chi connectivity index (χ4n) is 3.08. The van der Waals surface area contributed by atoms with Crippen molar-refractivity contribution in [2.24, 2.45) is 5.92 Å². The normalized spacial score (nSPS) is 16.1. The highest BCUT2D eigenvalue weighted by molar-refractivity contribution is 6.04. The summed E-state index contributed by atoms with van der Waals surface area (Å²) in [5.41, 5.74) is 2.31. The summed E-state index contributed by atoms with van der Waals surface area (Å²) in [6.45, 7) is 3.37. The van der Waals surface area contributed by atoms with Crippen LogP contribution in [0.4, 0.5) is 5.69 Å². The maximum Gasteiger partial charge on any atom is 0.241 e. The Kier molecular flexibility index (Phi) is 5.29. The molecule has 2 aromatic carbocycles. The highest BCUT2D eigenvalue weighted by Gasteiger charge is 2.34. The molecular weight excluding hydrogens is 312 g/mol. The molecule has 1 amide bonds. The zero-order valence-corrected chi connectivity index (χ0v) is 14.7. The molecule has 25 heavy (non-hydrogen) atoms. The topological polar surface area (TPSA) is 58.2 Å². The SMILES string of the molecule is CC(=O)c1ccccc1NC(=O)[C@@H](C)N[C@@H](c1ccccc1)C1CC1. The number of amides is 1. The van der Waals surface area contributed by atoms with Crippen LogP contribution >= 0.6 is 0 Å². The third-order valence-electron chi connectivity index (χ3n) is 4.64. The van der Waals surface area contributed by atoms with Gasteiger partial charge in [-0.2, -0.15) is 0 Å². The third-order valence-corrected chi connectivity index (χ3v) is 4.64. The van der Waals surface area contributed by atoms with E-state index in [1.807, 2.05) is 31.2 Å². The van der Waals surface area contributed by atoms with Crippen molar-refractivity contribution in [3.8, 4) is 0 Å². The van der Waals surface area contributed by atoms with Crippen LogP contribution in [0.3, 0.4) is 0 Å². The van der Waals surface area contributed by atoms with Crippen molar-refractivity contribution in [2.45, 2.75) is 38.8 Å². The van der Waals surface area contributed by atoms with Gasteiger partial charge in [-0.05, 0) is 50.3 Å². The molecule has 2 N–H and O–H groups in total. The molecule has 0 unspecified atom stereocenters. The monoisotopic (exact) mass is 336 g/mol. The minimum Gasteiger partial charge on any atom is -0.324 e. The number of carbonyl (C=O) groups is 2. The largest absolute Gasteiger partial charge is 0.324 e. The molecule has 0 bridgehead atoms. The van der Waals surface area contributed by atoms with Gasteiger partial charge in [0.15, 0.2) is 5.78 Å². The van der Waals surface area contributed by atoms with E-state index in [1.165, 1.54) is 25.3 Å². The first-order chi connectivity index (χ1) is 12.1. The Morgan fingerprint density at radius 2 is 1.64 bits per heavy atom. The predicted molar refractivity (Wildman–Crippen MR) is 99.6 cm³/mol. The van der Waals surface area contributed by atoms with E-state index in [9.17, 15) is 9.59 Å². The van der Waals surface area contributed by atoms with Crippen LogP contribution in [-0.4, -0.2) is 17.7 Å². The summed E-state index contributed by atoms with van der Waals surface area (Å²) in [5, 5.41) is 6.35. The summed E-state index contributed by atoms with van der Waals surface area (Å²) in [7, 11) is 0. The van der Waals surface area contributed by atoms with Crippen molar-refractivity contribution < 1.29 is 9.59 Å². The van der Waals surface area contributed by atoms with Crippen LogP contribution in [0.1, 0.15) is 48.7 Å². The summed E-state index contributed by atoms with van der Waals surface area (Å²) in [6, 6.07) is 17.2. The first kappa shape index (κ1) is 17.4. The maximum absolute atomic E-state index is 12.6. The quantitative estimate of drug-likeness (QED) is 0.753. The van der Waals surface area contributed by atoms with Gasteiger partial charge in [0.05, 0.1) is 11.7 Å². The summed E-state index contributed by atoms with van der Waals surface area (Å²) in [4.78, 5) is 24.3. The fourth-order valence-corrected chi connectivity index (χ4v) is 3.08. The van der Waals surface area contributed by atoms with E-state index in [0.29, 0.717) is 17.2 Å². The molecule has 4 heteroatoms. The van der Waals surface area contributed by atoms with Gasteiger partial charge < -0.3 is 5.32 Å². The highest BCUT2D eigenvalue weighted by Crippen LogP contribution is 2.41. The lowest BCUT2D eigenvalue weighted by Crippen LogP contribution is -2.41. The second-order valence-corrected chi connectivity index (χ2v) is 6.71. The van der Waals surface area contributed by atoms with Gasteiger partial charge in [-0.15, -0.1) is 0 Å². The first-order valence-electron chi connectivity index (χ1n) is 8.78. The van der Waals surface area contributed by atoms with E-state index in [0.717, 1.165) is 0 Å². The van der Waals surface area contributed by atoms with Crippen LogP contribution < -0.4 is 10.6 Å². The maximum atomic E-state index is 12.6. The summed E-state index contributed by atoms with van der Waals surface area (Å²) in [6.07, 6.45) is 2.38. The first-order valence-corrected chi connectivity index (χ1v) is 8.78. The van der Waals surface area contributed by atoms with Crippen LogP contribution in [0.25, 0.3) is 0 Å². The van der Waals surface area contributed by atoms with E-state index in [-0.39, 0.29) is 23.8 Å². The lowest BCUT2D eigenvalue weighted by Gasteiger charge is -2.23. The van der Waals surface area contributed by atoms with E-state index >= 15 is 0 Å². The highest BCUT2D eigenvalue weighted by atomic mass is 16.2. The molecule has 130 valence electrons. The van der Waals surface area contributed by atoms with Gasteiger partial charge in [-0.3, -0.25) is 14.9 Å². The van der Waals surface area contributed by atoms with E-state index < -0.39 is 0 Å². The smallest absolute Gasteiger partial charge is 0.241 e. The number of hydrogen-bond acceptors (Lipinski definition) is 3. The average Bonchev–Trinajstić information content (AvgIpc) is 3.45. The van der Waals surface area contributed by atoms with Gasteiger partial charge in [-0.1, -0.05) is 42.5 Å². The second-order valence-electron chi connectivity index (χ2n) is 6.71. The van der Waals surface area contributed by atoms with E-state index in [2.05, 4.69) is 22.8 Å². The van der Waals surface area contributed by atoms with Crippen molar-refractivity contribution >= 4 is 17.4 Å². The van der Waals surface area contributed by atoms with Gasteiger partial charge in [-0.25, -0.2) is 0 Å². The Labute approximate surface area is 148 Å². The van der Waals surface area contributed by atoms with Crippen molar-refractivity contribution in [2.75, 3.05) is 5.32 Å². The predicted octanol–water partition coefficient (Wildman–Crippen LogP) is 3.96. The Hall–Kier alpha value is -2.46. The average molecular weight is 336 g/mol. The van der Waals surface area contributed by atoms with E-state index in [4.69, 9.17) is 0 Å². The summed E-state index contributed by atoms with van der Waals surface area (Å²) < 4.78 is 0. The molecule has 4 nitrogen and oxygen atoms in total. The number of Topliss-reactive ketones (excluding diaryl/α,β-unsaturated/α-hetero) is 1. The van der Waals surface area contributed by atoms with Crippen molar-refractivity contribution in [3.05, 3.63) is 65.7 Å². The van der Waals surface area contributed by atoms with Crippen LogP contribution in [0, 0.1) is 5.92 Å². The molecule has 0 heterocycles. The standard InChI is InChI=1S/C21H24N2O2/c1-14(21(25)23-19-11-7-6-10-18(19)15(2)24)22-20(17-12-13-17)16-8-4-3-5-9-16/h3-11,14,17,20,22H,12-13H2,1-2H3,(H,23,25)/t14-,20+/m1/s1. The van der Waals surface area contributed by atoms with Crippen LogP contribution in [0.5, 0.6) is 0 Å². The Balaban J connectivity index is 1.69. The molecule has 1 aliphatic rings. The number of benzene rings is 2. The molecule has 1 saturated carbocycles.